The molecule has 0 radical (unpaired) electrons. The van der Waals surface area contributed by atoms with E-state index in [2.05, 4.69) is 10.3 Å². The summed E-state index contributed by atoms with van der Waals surface area (Å²) >= 11 is 0. The summed E-state index contributed by atoms with van der Waals surface area (Å²) in [4.78, 5) is 39.5. The van der Waals surface area contributed by atoms with Crippen molar-refractivity contribution < 1.29 is 14.7 Å². The smallest absolute Gasteiger partial charge is 0.394 e. The highest BCUT2D eigenvalue weighted by Gasteiger charge is 2.21. The summed E-state index contributed by atoms with van der Waals surface area (Å²) in [5.74, 6) is -2.12. The predicted octanol–water partition coefficient (Wildman–Crippen LogP) is 2.67. The van der Waals surface area contributed by atoms with Crippen LogP contribution in [-0.2, 0) is 16.1 Å². The van der Waals surface area contributed by atoms with Crippen molar-refractivity contribution in [3.8, 4) is 0 Å². The van der Waals surface area contributed by atoms with Gasteiger partial charge in [0.25, 0.3) is 5.56 Å². The first-order chi connectivity index (χ1) is 13.4. The average Bonchev–Trinajstić information content (AvgIpc) is 3.06. The van der Waals surface area contributed by atoms with E-state index in [0.29, 0.717) is 29.7 Å². The topological polar surface area (TPSA) is 101 Å². The molecule has 0 saturated carbocycles. The molecule has 0 fully saturated rings. The van der Waals surface area contributed by atoms with E-state index in [9.17, 15) is 14.4 Å². The summed E-state index contributed by atoms with van der Waals surface area (Å²) in [6, 6.07) is 12.7. The van der Waals surface area contributed by atoms with E-state index in [4.69, 9.17) is 5.11 Å². The quantitative estimate of drug-likeness (QED) is 0.671. The van der Waals surface area contributed by atoms with Gasteiger partial charge in [0.15, 0.2) is 0 Å². The van der Waals surface area contributed by atoms with Crippen molar-refractivity contribution in [2.75, 3.05) is 5.32 Å². The average molecular weight is 375 g/mol. The second-order valence-corrected chi connectivity index (χ2v) is 6.71. The van der Waals surface area contributed by atoms with Crippen LogP contribution in [0.1, 0.15) is 23.4 Å². The Bertz CT molecular complexity index is 1210. The lowest BCUT2D eigenvalue weighted by Gasteiger charge is -2.08. The lowest BCUT2D eigenvalue weighted by molar-refractivity contribution is -0.147. The molecule has 0 spiro atoms. The van der Waals surface area contributed by atoms with Crippen LogP contribution in [0.2, 0.25) is 0 Å². The first kappa shape index (κ1) is 17.7. The molecule has 140 valence electrons. The SMILES string of the molecule is Cc1ccc(/C=C2\CCn3c2nc2cc(NC(=O)C(=O)O)ccc2c3=O)cc1. The highest BCUT2D eigenvalue weighted by molar-refractivity contribution is 6.36. The Balaban J connectivity index is 1.78. The van der Waals surface area contributed by atoms with Crippen LogP contribution in [0, 0.1) is 6.92 Å². The molecule has 1 amide bonds. The Hall–Kier alpha value is -3.74. The summed E-state index contributed by atoms with van der Waals surface area (Å²) < 4.78 is 1.65. The number of hydrogen-bond donors (Lipinski definition) is 2. The minimum absolute atomic E-state index is 0.150. The molecule has 4 rings (SSSR count). The van der Waals surface area contributed by atoms with Gasteiger partial charge in [-0.25, -0.2) is 9.78 Å². The number of carbonyl (C=O) groups is 2. The van der Waals surface area contributed by atoms with Crippen LogP contribution in [0.3, 0.4) is 0 Å². The fourth-order valence-electron chi connectivity index (χ4n) is 3.28. The number of nitrogens with zero attached hydrogens (tertiary/aromatic N) is 2. The summed E-state index contributed by atoms with van der Waals surface area (Å²) in [7, 11) is 0. The lowest BCUT2D eigenvalue weighted by Crippen LogP contribution is -2.23. The molecule has 2 heterocycles. The van der Waals surface area contributed by atoms with Crippen molar-refractivity contribution in [2.45, 2.75) is 19.9 Å². The lowest BCUT2D eigenvalue weighted by atomic mass is 10.1. The first-order valence-corrected chi connectivity index (χ1v) is 8.79. The number of carboxylic acids is 1. The van der Waals surface area contributed by atoms with Crippen molar-refractivity contribution in [1.29, 1.82) is 0 Å². The minimum atomic E-state index is -1.58. The number of benzene rings is 2. The molecule has 2 N–H and O–H groups in total. The molecule has 0 unspecified atom stereocenters. The van der Waals surface area contributed by atoms with E-state index in [-0.39, 0.29) is 11.2 Å². The third kappa shape index (κ3) is 3.18. The minimum Gasteiger partial charge on any atom is -0.474 e. The second kappa shape index (κ2) is 6.77. The number of rotatable bonds is 2. The van der Waals surface area contributed by atoms with Crippen molar-refractivity contribution in [3.05, 3.63) is 69.8 Å². The van der Waals surface area contributed by atoms with Crippen LogP contribution in [0.15, 0.2) is 47.3 Å². The van der Waals surface area contributed by atoms with Gasteiger partial charge in [0, 0.05) is 12.2 Å². The van der Waals surface area contributed by atoms with E-state index in [1.807, 2.05) is 37.3 Å². The normalized spacial score (nSPS) is 14.2. The molecule has 0 saturated heterocycles. The van der Waals surface area contributed by atoms with Crippen molar-refractivity contribution >= 4 is 40.1 Å². The number of carbonyl (C=O) groups excluding carboxylic acids is 1. The molecular formula is C21H17N3O4. The Kier molecular flexibility index (Phi) is 4.27. The van der Waals surface area contributed by atoms with E-state index >= 15 is 0 Å². The monoisotopic (exact) mass is 375 g/mol. The Morgan fingerprint density at radius 3 is 2.64 bits per heavy atom. The summed E-state index contributed by atoms with van der Waals surface area (Å²) in [5.41, 5.74) is 3.71. The van der Waals surface area contributed by atoms with Gasteiger partial charge in [-0.15, -0.1) is 0 Å². The van der Waals surface area contributed by atoms with Gasteiger partial charge < -0.3 is 10.4 Å². The maximum atomic E-state index is 12.8. The van der Waals surface area contributed by atoms with Crippen LogP contribution in [0.5, 0.6) is 0 Å². The van der Waals surface area contributed by atoms with Crippen molar-refractivity contribution in [1.82, 2.24) is 9.55 Å². The zero-order valence-corrected chi connectivity index (χ0v) is 15.1. The molecule has 0 aliphatic carbocycles. The maximum Gasteiger partial charge on any atom is 0.394 e. The predicted molar refractivity (Wildman–Crippen MR) is 106 cm³/mol. The second-order valence-electron chi connectivity index (χ2n) is 6.71. The standard InChI is InChI=1S/C21H17N3O4/c1-12-2-4-13(5-3-12)10-14-8-9-24-18(14)23-17-11-15(22-19(25)21(27)28)6-7-16(17)20(24)26/h2-7,10-11H,8-9H2,1H3,(H,22,25)(H,27,28)/b14-10+. The zero-order valence-electron chi connectivity index (χ0n) is 15.1. The van der Waals surface area contributed by atoms with Crippen LogP contribution < -0.4 is 10.9 Å². The number of amides is 1. The Morgan fingerprint density at radius 1 is 1.18 bits per heavy atom. The molecule has 0 atom stereocenters. The highest BCUT2D eigenvalue weighted by atomic mass is 16.4. The van der Waals surface area contributed by atoms with Crippen LogP contribution in [-0.4, -0.2) is 26.5 Å². The number of allylic oxidation sites excluding steroid dienone is 1. The van der Waals surface area contributed by atoms with Gasteiger partial charge in [0.2, 0.25) is 0 Å². The molecule has 2 aromatic carbocycles. The van der Waals surface area contributed by atoms with E-state index in [1.54, 1.807) is 10.6 Å². The van der Waals surface area contributed by atoms with Crippen molar-refractivity contribution in [3.63, 3.8) is 0 Å². The molecule has 7 nitrogen and oxygen atoms in total. The van der Waals surface area contributed by atoms with Gasteiger partial charge in [0.05, 0.1) is 10.9 Å². The van der Waals surface area contributed by atoms with Crippen LogP contribution in [0.25, 0.3) is 22.6 Å². The first-order valence-electron chi connectivity index (χ1n) is 8.79. The maximum absolute atomic E-state index is 12.8. The van der Waals surface area contributed by atoms with Gasteiger partial charge in [-0.05, 0) is 48.8 Å². The molecular weight excluding hydrogens is 358 g/mol. The molecule has 1 aromatic heterocycles. The molecule has 1 aliphatic rings. The van der Waals surface area contributed by atoms with Gasteiger partial charge in [-0.2, -0.15) is 0 Å². The van der Waals surface area contributed by atoms with Crippen LogP contribution in [0.4, 0.5) is 5.69 Å². The fourth-order valence-corrected chi connectivity index (χ4v) is 3.28. The Labute approximate surface area is 160 Å². The number of aliphatic carboxylic acids is 1. The van der Waals surface area contributed by atoms with E-state index < -0.39 is 11.9 Å². The Morgan fingerprint density at radius 2 is 1.93 bits per heavy atom. The fraction of sp³-hybridized carbons (Fsp3) is 0.143. The number of aryl methyl sites for hydroxylation is 1. The number of nitrogens with one attached hydrogen (secondary N) is 1. The summed E-state index contributed by atoms with van der Waals surface area (Å²) in [6.45, 7) is 2.59. The molecule has 28 heavy (non-hydrogen) atoms. The van der Waals surface area contributed by atoms with Gasteiger partial charge in [-0.1, -0.05) is 29.8 Å². The third-order valence-electron chi connectivity index (χ3n) is 4.72. The zero-order chi connectivity index (χ0) is 19.8. The van der Waals surface area contributed by atoms with Crippen LogP contribution >= 0.6 is 0 Å². The number of fused-ring (bicyclic) bond motifs is 2. The van der Waals surface area contributed by atoms with Gasteiger partial charge >= 0.3 is 11.9 Å². The van der Waals surface area contributed by atoms with Gasteiger partial charge in [-0.3, -0.25) is 14.2 Å². The van der Waals surface area contributed by atoms with Crippen molar-refractivity contribution in [2.24, 2.45) is 0 Å². The molecule has 0 bridgehead atoms. The summed E-state index contributed by atoms with van der Waals surface area (Å²) in [6.07, 6.45) is 2.72. The molecule has 1 aliphatic heterocycles. The molecule has 7 heteroatoms. The van der Waals surface area contributed by atoms with E-state index in [1.165, 1.54) is 17.7 Å². The number of carboxylic acid groups (broad SMARTS) is 1. The number of aromatic nitrogens is 2. The molecule has 3 aromatic rings. The van der Waals surface area contributed by atoms with Gasteiger partial charge in [0.1, 0.15) is 5.82 Å². The third-order valence-corrected chi connectivity index (χ3v) is 4.72. The highest BCUT2D eigenvalue weighted by Crippen LogP contribution is 2.28. The largest absolute Gasteiger partial charge is 0.474 e. The number of hydrogen-bond acceptors (Lipinski definition) is 4. The number of anilines is 1. The summed E-state index contributed by atoms with van der Waals surface area (Å²) in [5, 5.41) is 11.4. The van der Waals surface area contributed by atoms with E-state index in [0.717, 1.165) is 11.1 Å².